The first-order valence-electron chi connectivity index (χ1n) is 10.9. The van der Waals surface area contributed by atoms with E-state index < -0.39 is 0 Å². The van der Waals surface area contributed by atoms with Gasteiger partial charge in [0.05, 0.1) is 5.01 Å². The van der Waals surface area contributed by atoms with Crippen LogP contribution in [0.4, 0.5) is 5.69 Å². The number of carbonyl (C=O) groups is 1. The second-order valence-corrected chi connectivity index (χ2v) is 9.60. The summed E-state index contributed by atoms with van der Waals surface area (Å²) < 4.78 is 6.05. The molecule has 3 aromatic carbocycles. The van der Waals surface area contributed by atoms with Crippen LogP contribution in [0.3, 0.4) is 0 Å². The Hall–Kier alpha value is -2.90. The SMILES string of the molecule is CN(C)Cc1ccc(NC(=O)c2csc(Cc3cc(Cl)ccc3OCc3ccccc3)n2)cc1.Cl. The second-order valence-electron chi connectivity index (χ2n) is 8.22. The highest BCUT2D eigenvalue weighted by Crippen LogP contribution is 2.27. The summed E-state index contributed by atoms with van der Waals surface area (Å²) in [6.45, 7) is 1.32. The molecule has 1 N–H and O–H groups in total. The predicted molar refractivity (Wildman–Crippen MR) is 146 cm³/mol. The number of amides is 1. The zero-order valence-electron chi connectivity index (χ0n) is 19.5. The van der Waals surface area contributed by atoms with E-state index in [9.17, 15) is 4.79 Å². The first kappa shape index (κ1) is 26.7. The van der Waals surface area contributed by atoms with Gasteiger partial charge in [-0.2, -0.15) is 0 Å². The Bertz CT molecular complexity index is 1250. The molecule has 1 heterocycles. The van der Waals surface area contributed by atoms with E-state index >= 15 is 0 Å². The summed E-state index contributed by atoms with van der Waals surface area (Å²) in [5.74, 6) is 0.529. The Morgan fingerprint density at radius 3 is 2.49 bits per heavy atom. The molecule has 8 heteroatoms. The minimum absolute atomic E-state index is 0. The van der Waals surface area contributed by atoms with Gasteiger partial charge in [-0.3, -0.25) is 4.79 Å². The van der Waals surface area contributed by atoms with Crippen molar-refractivity contribution in [3.63, 3.8) is 0 Å². The number of carbonyl (C=O) groups excluding carboxylic acids is 1. The van der Waals surface area contributed by atoms with E-state index in [1.165, 1.54) is 16.9 Å². The van der Waals surface area contributed by atoms with Crippen LogP contribution in [0.1, 0.15) is 32.2 Å². The summed E-state index contributed by atoms with van der Waals surface area (Å²) in [4.78, 5) is 19.4. The third-order valence-electron chi connectivity index (χ3n) is 5.10. The first-order chi connectivity index (χ1) is 16.5. The van der Waals surface area contributed by atoms with Crippen molar-refractivity contribution in [1.29, 1.82) is 0 Å². The van der Waals surface area contributed by atoms with Gasteiger partial charge in [0.15, 0.2) is 0 Å². The first-order valence-corrected chi connectivity index (χ1v) is 12.2. The van der Waals surface area contributed by atoms with Crippen molar-refractivity contribution in [2.24, 2.45) is 0 Å². The molecule has 0 bridgehead atoms. The van der Waals surface area contributed by atoms with E-state index in [1.54, 1.807) is 5.38 Å². The van der Waals surface area contributed by atoms with E-state index in [-0.39, 0.29) is 18.3 Å². The lowest BCUT2D eigenvalue weighted by Gasteiger charge is -2.11. The molecular formula is C27H27Cl2N3O2S. The van der Waals surface area contributed by atoms with E-state index in [2.05, 4.69) is 15.2 Å². The highest BCUT2D eigenvalue weighted by atomic mass is 35.5. The van der Waals surface area contributed by atoms with Crippen LogP contribution in [0.5, 0.6) is 5.75 Å². The quantitative estimate of drug-likeness (QED) is 0.263. The minimum Gasteiger partial charge on any atom is -0.489 e. The Morgan fingerprint density at radius 1 is 1.03 bits per heavy atom. The largest absolute Gasteiger partial charge is 0.489 e. The molecule has 1 amide bonds. The highest BCUT2D eigenvalue weighted by molar-refractivity contribution is 7.09. The Balaban J connectivity index is 0.00000342. The maximum atomic E-state index is 12.7. The summed E-state index contributed by atoms with van der Waals surface area (Å²) >= 11 is 7.69. The number of nitrogens with zero attached hydrogens (tertiary/aromatic N) is 2. The van der Waals surface area contributed by atoms with Crippen molar-refractivity contribution in [3.8, 4) is 5.75 Å². The molecule has 182 valence electrons. The number of ether oxygens (including phenoxy) is 1. The van der Waals surface area contributed by atoms with Gasteiger partial charge >= 0.3 is 0 Å². The average Bonchev–Trinajstić information content (AvgIpc) is 3.29. The molecule has 0 radical (unpaired) electrons. The molecule has 0 saturated heterocycles. The van der Waals surface area contributed by atoms with Gasteiger partial charge in [-0.15, -0.1) is 23.7 Å². The number of halogens is 2. The van der Waals surface area contributed by atoms with Gasteiger partial charge in [0.1, 0.15) is 18.1 Å². The number of aromatic nitrogens is 1. The van der Waals surface area contributed by atoms with E-state index in [0.29, 0.717) is 23.7 Å². The number of hydrogen-bond donors (Lipinski definition) is 1. The van der Waals surface area contributed by atoms with Crippen LogP contribution in [0.15, 0.2) is 78.2 Å². The third kappa shape index (κ3) is 7.80. The normalized spacial score (nSPS) is 10.6. The molecule has 0 aliphatic heterocycles. The highest BCUT2D eigenvalue weighted by Gasteiger charge is 2.14. The molecule has 0 aliphatic carbocycles. The number of benzene rings is 3. The Kier molecular flexibility index (Phi) is 9.69. The number of hydrogen-bond acceptors (Lipinski definition) is 5. The number of anilines is 1. The molecule has 0 saturated carbocycles. The lowest BCUT2D eigenvalue weighted by atomic mass is 10.1. The molecule has 0 unspecified atom stereocenters. The van der Waals surface area contributed by atoms with Crippen molar-refractivity contribution in [3.05, 3.63) is 111 Å². The molecule has 4 rings (SSSR count). The van der Waals surface area contributed by atoms with Gasteiger partial charge in [-0.05, 0) is 55.6 Å². The van der Waals surface area contributed by atoms with Crippen LogP contribution in [0, 0.1) is 0 Å². The molecule has 0 aliphatic rings. The molecular weight excluding hydrogens is 501 g/mol. The summed E-state index contributed by atoms with van der Waals surface area (Å²) in [5, 5.41) is 6.15. The zero-order chi connectivity index (χ0) is 23.9. The zero-order valence-corrected chi connectivity index (χ0v) is 21.9. The van der Waals surface area contributed by atoms with Crippen LogP contribution in [0.25, 0.3) is 0 Å². The number of thiazole rings is 1. The summed E-state index contributed by atoms with van der Waals surface area (Å²) in [7, 11) is 4.05. The molecule has 1 aromatic heterocycles. The molecule has 0 spiro atoms. The van der Waals surface area contributed by atoms with Gasteiger partial charge in [-0.1, -0.05) is 54.1 Å². The average molecular weight is 529 g/mol. The van der Waals surface area contributed by atoms with Gasteiger partial charge in [0, 0.05) is 34.6 Å². The summed E-state index contributed by atoms with van der Waals surface area (Å²) in [6, 6.07) is 23.4. The van der Waals surface area contributed by atoms with E-state index in [4.69, 9.17) is 16.3 Å². The number of rotatable bonds is 9. The standard InChI is InChI=1S/C27H26ClN3O2S.ClH/c1-31(2)16-19-8-11-23(12-9-19)29-27(32)24-18-34-26(30-24)15-21-14-22(28)10-13-25(21)33-17-20-6-4-3-5-7-20;/h3-14,18H,15-17H2,1-2H3,(H,29,32);1H. The minimum atomic E-state index is -0.227. The topological polar surface area (TPSA) is 54.5 Å². The fourth-order valence-electron chi connectivity index (χ4n) is 3.48. The van der Waals surface area contributed by atoms with Crippen LogP contribution in [-0.4, -0.2) is 29.9 Å². The molecule has 0 fully saturated rings. The Labute approximate surface area is 221 Å². The summed E-state index contributed by atoms with van der Waals surface area (Å²) in [6.07, 6.45) is 0.530. The predicted octanol–water partition coefficient (Wildman–Crippen LogP) is 6.70. The fourth-order valence-corrected chi connectivity index (χ4v) is 4.47. The van der Waals surface area contributed by atoms with Gasteiger partial charge in [0.2, 0.25) is 0 Å². The lowest BCUT2D eigenvalue weighted by Crippen LogP contribution is -2.13. The second kappa shape index (κ2) is 12.7. The van der Waals surface area contributed by atoms with E-state index in [0.717, 1.165) is 34.1 Å². The Morgan fingerprint density at radius 2 is 1.77 bits per heavy atom. The molecule has 0 atom stereocenters. The maximum absolute atomic E-state index is 12.7. The van der Waals surface area contributed by atoms with Gasteiger partial charge < -0.3 is 15.0 Å². The van der Waals surface area contributed by atoms with Crippen molar-refractivity contribution >= 4 is 46.9 Å². The smallest absolute Gasteiger partial charge is 0.275 e. The van der Waals surface area contributed by atoms with Crippen molar-refractivity contribution < 1.29 is 9.53 Å². The molecule has 5 nitrogen and oxygen atoms in total. The number of nitrogens with one attached hydrogen (secondary N) is 1. The van der Waals surface area contributed by atoms with Gasteiger partial charge in [-0.25, -0.2) is 4.98 Å². The van der Waals surface area contributed by atoms with Crippen molar-refractivity contribution in [2.45, 2.75) is 19.6 Å². The lowest BCUT2D eigenvalue weighted by molar-refractivity contribution is 0.102. The van der Waals surface area contributed by atoms with Crippen LogP contribution >= 0.6 is 35.3 Å². The molecule has 4 aromatic rings. The molecule has 35 heavy (non-hydrogen) atoms. The summed E-state index contributed by atoms with van der Waals surface area (Å²) in [5.41, 5.74) is 4.35. The van der Waals surface area contributed by atoms with Crippen LogP contribution in [0.2, 0.25) is 5.02 Å². The fraction of sp³-hybridized carbons (Fsp3) is 0.185. The van der Waals surface area contributed by atoms with Gasteiger partial charge in [0.25, 0.3) is 5.91 Å². The van der Waals surface area contributed by atoms with Crippen molar-refractivity contribution in [1.82, 2.24) is 9.88 Å². The van der Waals surface area contributed by atoms with Crippen LogP contribution < -0.4 is 10.1 Å². The van der Waals surface area contributed by atoms with Crippen molar-refractivity contribution in [2.75, 3.05) is 19.4 Å². The third-order valence-corrected chi connectivity index (χ3v) is 6.18. The van der Waals surface area contributed by atoms with Crippen LogP contribution in [-0.2, 0) is 19.6 Å². The monoisotopic (exact) mass is 527 g/mol. The van der Waals surface area contributed by atoms with E-state index in [1.807, 2.05) is 86.9 Å². The maximum Gasteiger partial charge on any atom is 0.275 e.